The van der Waals surface area contributed by atoms with Crippen LogP contribution in [0.5, 0.6) is 0 Å². The van der Waals surface area contributed by atoms with Crippen molar-refractivity contribution in [2.75, 3.05) is 36.6 Å². The number of hydrogen-bond acceptors (Lipinski definition) is 6. The monoisotopic (exact) mass is 636 g/mol. The largest absolute Gasteiger partial charge is 0.417 e. The van der Waals surface area contributed by atoms with Crippen LogP contribution < -0.4 is 16.0 Å². The maximum atomic E-state index is 13.8. The predicted octanol–water partition coefficient (Wildman–Crippen LogP) is 7.97. The molecule has 0 aliphatic heterocycles. The fraction of sp³-hybridized carbons (Fsp3) is 0.143. The standard InChI is InChI=1S/C35H31F3N8O/c1-45(2)19-17-23-8-6-12-27(20-23)40-33-39-18-16-29(43-33)32-31(44-30-15-14-25(22-46(30)32)35(36,37)38)24-9-7-13-28(21-24)42-34(47)41-26-10-4-3-5-11-26/h3-16,18,20-22H,17,19H2,1-2H3,(H,39,40,43)(H2,41,42,47). The van der Waals surface area contributed by atoms with Crippen molar-refractivity contribution in [2.24, 2.45) is 0 Å². The van der Waals surface area contributed by atoms with Crippen LogP contribution in [0.2, 0.25) is 0 Å². The van der Waals surface area contributed by atoms with E-state index in [1.807, 2.05) is 56.6 Å². The Bertz CT molecular complexity index is 2030. The molecule has 0 radical (unpaired) electrons. The number of nitrogens with one attached hydrogen (secondary N) is 3. The molecule has 6 aromatic rings. The minimum absolute atomic E-state index is 0.271. The number of alkyl halides is 3. The third-order valence-electron chi connectivity index (χ3n) is 7.30. The Balaban J connectivity index is 1.37. The van der Waals surface area contributed by atoms with Gasteiger partial charge < -0.3 is 20.9 Å². The first-order valence-corrected chi connectivity index (χ1v) is 14.8. The first-order chi connectivity index (χ1) is 22.6. The molecule has 0 saturated heterocycles. The van der Waals surface area contributed by atoms with E-state index >= 15 is 0 Å². The molecule has 0 spiro atoms. The van der Waals surface area contributed by atoms with Crippen LogP contribution in [0, 0.1) is 0 Å². The van der Waals surface area contributed by atoms with E-state index in [1.165, 1.54) is 10.5 Å². The molecule has 3 aromatic carbocycles. The van der Waals surface area contributed by atoms with Crippen molar-refractivity contribution in [3.05, 3.63) is 121 Å². The van der Waals surface area contributed by atoms with Crippen LogP contribution in [0.25, 0.3) is 28.3 Å². The van der Waals surface area contributed by atoms with Gasteiger partial charge >= 0.3 is 12.2 Å². The maximum absolute atomic E-state index is 13.8. The number of carbonyl (C=O) groups is 1. The molecule has 3 N–H and O–H groups in total. The van der Waals surface area contributed by atoms with Gasteiger partial charge in [-0.1, -0.05) is 42.5 Å². The second kappa shape index (κ2) is 13.3. The molecule has 0 saturated carbocycles. The zero-order valence-corrected chi connectivity index (χ0v) is 25.6. The van der Waals surface area contributed by atoms with Crippen molar-refractivity contribution in [3.8, 4) is 22.6 Å². The molecule has 12 heteroatoms. The molecule has 3 heterocycles. The molecule has 0 aliphatic rings. The van der Waals surface area contributed by atoms with Crippen molar-refractivity contribution < 1.29 is 18.0 Å². The van der Waals surface area contributed by atoms with Crippen molar-refractivity contribution >= 4 is 34.7 Å². The van der Waals surface area contributed by atoms with Crippen LogP contribution >= 0.6 is 0 Å². The van der Waals surface area contributed by atoms with E-state index in [0.717, 1.165) is 36.5 Å². The van der Waals surface area contributed by atoms with E-state index in [-0.39, 0.29) is 5.95 Å². The molecule has 47 heavy (non-hydrogen) atoms. The van der Waals surface area contributed by atoms with E-state index in [1.54, 1.807) is 48.7 Å². The highest BCUT2D eigenvalue weighted by molar-refractivity contribution is 6.00. The summed E-state index contributed by atoms with van der Waals surface area (Å²) in [5, 5.41) is 8.80. The summed E-state index contributed by atoms with van der Waals surface area (Å²) in [6.07, 6.45) is -1.15. The number of para-hydroxylation sites is 1. The maximum Gasteiger partial charge on any atom is 0.417 e. The minimum atomic E-state index is -4.57. The van der Waals surface area contributed by atoms with Gasteiger partial charge in [-0.15, -0.1) is 0 Å². The molecule has 238 valence electrons. The molecule has 9 nitrogen and oxygen atoms in total. The first kappa shape index (κ1) is 31.2. The van der Waals surface area contributed by atoms with Gasteiger partial charge in [0, 0.05) is 41.6 Å². The first-order valence-electron chi connectivity index (χ1n) is 14.8. The number of nitrogens with zero attached hydrogens (tertiary/aromatic N) is 5. The minimum Gasteiger partial charge on any atom is -0.324 e. The third kappa shape index (κ3) is 7.56. The highest BCUT2D eigenvalue weighted by Gasteiger charge is 2.32. The Morgan fingerprint density at radius 2 is 1.57 bits per heavy atom. The second-order valence-corrected chi connectivity index (χ2v) is 11.1. The van der Waals surface area contributed by atoms with Gasteiger partial charge in [-0.3, -0.25) is 4.40 Å². The Labute approximate surface area is 269 Å². The van der Waals surface area contributed by atoms with Gasteiger partial charge in [0.15, 0.2) is 0 Å². The summed E-state index contributed by atoms with van der Waals surface area (Å²) in [6.45, 7) is 0.890. The number of likely N-dealkylation sites (N-methyl/N-ethyl adjacent to an activating group) is 1. The summed E-state index contributed by atoms with van der Waals surface area (Å²) in [5.74, 6) is 0.271. The normalized spacial score (nSPS) is 11.5. The number of urea groups is 1. The number of fused-ring (bicyclic) bond motifs is 1. The Hall–Kier alpha value is -5.75. The summed E-state index contributed by atoms with van der Waals surface area (Å²) in [5.41, 5.74) is 4.11. The number of anilines is 4. The van der Waals surface area contributed by atoms with Gasteiger partial charge in [-0.05, 0) is 80.7 Å². The highest BCUT2D eigenvalue weighted by atomic mass is 19.4. The van der Waals surface area contributed by atoms with Gasteiger partial charge in [-0.2, -0.15) is 13.2 Å². The zero-order chi connectivity index (χ0) is 33.0. The summed E-state index contributed by atoms with van der Waals surface area (Å²) >= 11 is 0. The summed E-state index contributed by atoms with van der Waals surface area (Å²) < 4.78 is 42.9. The number of aromatic nitrogens is 4. The number of halogens is 3. The van der Waals surface area contributed by atoms with Crippen LogP contribution in [0.3, 0.4) is 0 Å². The van der Waals surface area contributed by atoms with Gasteiger partial charge in [-0.25, -0.2) is 19.7 Å². The van der Waals surface area contributed by atoms with Crippen molar-refractivity contribution in [1.82, 2.24) is 24.3 Å². The van der Waals surface area contributed by atoms with Crippen LogP contribution in [-0.4, -0.2) is 50.9 Å². The predicted molar refractivity (Wildman–Crippen MR) is 178 cm³/mol. The zero-order valence-electron chi connectivity index (χ0n) is 25.6. The number of hydrogen-bond donors (Lipinski definition) is 3. The number of pyridine rings is 1. The molecule has 2 amide bonds. The lowest BCUT2D eigenvalue weighted by atomic mass is 10.1. The number of benzene rings is 3. The fourth-order valence-corrected chi connectivity index (χ4v) is 5.05. The highest BCUT2D eigenvalue weighted by Crippen LogP contribution is 2.36. The molecule has 0 aliphatic carbocycles. The SMILES string of the molecule is CN(C)CCc1cccc(Nc2nccc(-c3c(-c4cccc(NC(=O)Nc5ccccc5)c4)nc4ccc(C(F)(F)F)cn34)n2)c1. The average Bonchev–Trinajstić information content (AvgIpc) is 3.43. The smallest absolute Gasteiger partial charge is 0.324 e. The summed E-state index contributed by atoms with van der Waals surface area (Å²) in [6, 6.07) is 27.3. The van der Waals surface area contributed by atoms with Crippen LogP contribution in [0.4, 0.5) is 41.0 Å². The molecule has 6 rings (SSSR count). The molecule has 3 aromatic heterocycles. The second-order valence-electron chi connectivity index (χ2n) is 11.1. The van der Waals surface area contributed by atoms with E-state index in [0.29, 0.717) is 39.7 Å². The summed E-state index contributed by atoms with van der Waals surface area (Å²) in [7, 11) is 4.03. The molecule has 0 atom stereocenters. The quantitative estimate of drug-likeness (QED) is 0.149. The third-order valence-corrected chi connectivity index (χ3v) is 7.30. The lowest BCUT2D eigenvalue weighted by Crippen LogP contribution is -2.19. The van der Waals surface area contributed by atoms with E-state index in [9.17, 15) is 18.0 Å². The van der Waals surface area contributed by atoms with E-state index in [4.69, 9.17) is 9.97 Å². The summed E-state index contributed by atoms with van der Waals surface area (Å²) in [4.78, 5) is 28.6. The number of rotatable bonds is 9. The molecular weight excluding hydrogens is 605 g/mol. The van der Waals surface area contributed by atoms with Crippen molar-refractivity contribution in [2.45, 2.75) is 12.6 Å². The van der Waals surface area contributed by atoms with E-state index < -0.39 is 17.8 Å². The van der Waals surface area contributed by atoms with Gasteiger partial charge in [0.2, 0.25) is 5.95 Å². The fourth-order valence-electron chi connectivity index (χ4n) is 5.05. The topological polar surface area (TPSA) is 99.5 Å². The van der Waals surface area contributed by atoms with Crippen LogP contribution in [-0.2, 0) is 12.6 Å². The van der Waals surface area contributed by atoms with Crippen LogP contribution in [0.1, 0.15) is 11.1 Å². The van der Waals surface area contributed by atoms with Crippen molar-refractivity contribution in [3.63, 3.8) is 0 Å². The molecule has 0 unspecified atom stereocenters. The van der Waals surface area contributed by atoms with Gasteiger partial charge in [0.25, 0.3) is 0 Å². The Morgan fingerprint density at radius 1 is 0.830 bits per heavy atom. The number of amides is 2. The number of carbonyl (C=O) groups excluding carboxylic acids is 1. The Morgan fingerprint density at radius 3 is 2.36 bits per heavy atom. The molecular formula is C35H31F3N8O. The Kier molecular flexibility index (Phi) is 8.85. The van der Waals surface area contributed by atoms with Crippen molar-refractivity contribution in [1.29, 1.82) is 0 Å². The average molecular weight is 637 g/mol. The lowest BCUT2D eigenvalue weighted by molar-refractivity contribution is -0.137. The van der Waals surface area contributed by atoms with Gasteiger partial charge in [0.05, 0.1) is 22.6 Å². The molecule has 0 fully saturated rings. The van der Waals surface area contributed by atoms with E-state index in [2.05, 4.69) is 25.8 Å². The molecule has 0 bridgehead atoms. The van der Waals surface area contributed by atoms with Crippen LogP contribution in [0.15, 0.2) is 109 Å². The lowest BCUT2D eigenvalue weighted by Gasteiger charge is -2.12. The number of imidazole rings is 1. The van der Waals surface area contributed by atoms with Gasteiger partial charge in [0.1, 0.15) is 5.65 Å².